The Labute approximate surface area is 166 Å². The van der Waals surface area contributed by atoms with Crippen LogP contribution in [0, 0.1) is 5.92 Å². The molecule has 0 bridgehead atoms. The van der Waals surface area contributed by atoms with E-state index < -0.39 is 0 Å². The van der Waals surface area contributed by atoms with Crippen LogP contribution in [0.2, 0.25) is 5.02 Å². The van der Waals surface area contributed by atoms with E-state index in [1.54, 1.807) is 18.1 Å². The summed E-state index contributed by atoms with van der Waals surface area (Å²) in [5.74, 6) is 0.987. The minimum Gasteiger partial charge on any atom is -0.496 e. The minimum absolute atomic E-state index is 0.0395. The standard InChI is InChI=1S/C22H27ClN2O2/c1-24(15-19-13-20(23)10-11-21(19)27-2)22(26)18-9-6-12-25(16-18)14-17-7-4-3-5-8-17/h3-5,7-8,10-11,13,18H,6,9,12,14-16H2,1-2H3. The molecule has 27 heavy (non-hydrogen) atoms. The normalized spacial score (nSPS) is 17.5. The average molecular weight is 387 g/mol. The van der Waals surface area contributed by atoms with Crippen LogP contribution >= 0.6 is 11.6 Å². The topological polar surface area (TPSA) is 32.8 Å². The fraction of sp³-hybridized carbons (Fsp3) is 0.409. The molecule has 1 unspecified atom stereocenters. The molecule has 1 saturated heterocycles. The first-order chi connectivity index (χ1) is 13.1. The number of carbonyl (C=O) groups is 1. The first-order valence-electron chi connectivity index (χ1n) is 9.40. The first-order valence-corrected chi connectivity index (χ1v) is 9.78. The second kappa shape index (κ2) is 9.25. The van der Waals surface area contributed by atoms with Gasteiger partial charge in [-0.05, 0) is 43.1 Å². The average Bonchev–Trinajstić information content (AvgIpc) is 2.68. The summed E-state index contributed by atoms with van der Waals surface area (Å²) in [6.07, 6.45) is 2.00. The lowest BCUT2D eigenvalue weighted by atomic mass is 9.96. The molecule has 1 heterocycles. The van der Waals surface area contributed by atoms with Crippen LogP contribution in [0.3, 0.4) is 0 Å². The van der Waals surface area contributed by atoms with Crippen molar-refractivity contribution in [2.45, 2.75) is 25.9 Å². The monoisotopic (exact) mass is 386 g/mol. The summed E-state index contributed by atoms with van der Waals surface area (Å²) in [5.41, 5.74) is 2.22. The van der Waals surface area contributed by atoms with Gasteiger partial charge in [0.05, 0.1) is 13.0 Å². The predicted molar refractivity (Wildman–Crippen MR) is 109 cm³/mol. The van der Waals surface area contributed by atoms with Gasteiger partial charge >= 0.3 is 0 Å². The number of piperidine rings is 1. The highest BCUT2D eigenvalue weighted by Gasteiger charge is 2.28. The quantitative estimate of drug-likeness (QED) is 0.745. The Morgan fingerprint density at radius 1 is 1.26 bits per heavy atom. The minimum atomic E-state index is 0.0395. The van der Waals surface area contributed by atoms with Crippen LogP contribution in [0.25, 0.3) is 0 Å². The fourth-order valence-electron chi connectivity index (χ4n) is 3.76. The van der Waals surface area contributed by atoms with E-state index >= 15 is 0 Å². The number of likely N-dealkylation sites (tertiary alicyclic amines) is 1. The number of carbonyl (C=O) groups excluding carboxylic acids is 1. The van der Waals surface area contributed by atoms with E-state index in [0.717, 1.165) is 43.8 Å². The molecule has 1 amide bonds. The predicted octanol–water partition coefficient (Wildman–Crippen LogP) is 4.22. The Morgan fingerprint density at radius 3 is 2.78 bits per heavy atom. The van der Waals surface area contributed by atoms with Crippen molar-refractivity contribution in [2.75, 3.05) is 27.2 Å². The van der Waals surface area contributed by atoms with Crippen molar-refractivity contribution in [3.63, 3.8) is 0 Å². The number of ether oxygens (including phenoxy) is 1. The largest absolute Gasteiger partial charge is 0.496 e. The number of methoxy groups -OCH3 is 1. The summed E-state index contributed by atoms with van der Waals surface area (Å²) in [7, 11) is 3.50. The molecule has 1 aliphatic heterocycles. The molecule has 0 saturated carbocycles. The van der Waals surface area contributed by atoms with Crippen molar-refractivity contribution in [2.24, 2.45) is 5.92 Å². The summed E-state index contributed by atoms with van der Waals surface area (Å²) in [5, 5.41) is 0.651. The molecule has 2 aromatic rings. The Balaban J connectivity index is 1.62. The van der Waals surface area contributed by atoms with Gasteiger partial charge in [-0.2, -0.15) is 0 Å². The SMILES string of the molecule is COc1ccc(Cl)cc1CN(C)C(=O)C1CCCN(Cc2ccccc2)C1. The maximum atomic E-state index is 13.0. The second-order valence-electron chi connectivity index (χ2n) is 7.21. The lowest BCUT2D eigenvalue weighted by Crippen LogP contribution is -2.43. The number of benzene rings is 2. The Hall–Kier alpha value is -2.04. The molecule has 0 radical (unpaired) electrons. The van der Waals surface area contributed by atoms with Crippen molar-refractivity contribution in [3.8, 4) is 5.75 Å². The van der Waals surface area contributed by atoms with Gasteiger partial charge in [0.15, 0.2) is 0 Å². The maximum absolute atomic E-state index is 13.0. The molecule has 0 aliphatic carbocycles. The summed E-state index contributed by atoms with van der Waals surface area (Å²) in [6.45, 7) is 3.25. The van der Waals surface area contributed by atoms with Crippen molar-refractivity contribution in [1.82, 2.24) is 9.80 Å². The lowest BCUT2D eigenvalue weighted by Gasteiger charge is -2.34. The molecule has 5 heteroatoms. The first kappa shape index (κ1) is 19.7. The number of hydrogen-bond donors (Lipinski definition) is 0. The van der Waals surface area contributed by atoms with Crippen LogP contribution in [-0.4, -0.2) is 43.0 Å². The molecule has 3 rings (SSSR count). The van der Waals surface area contributed by atoms with Crippen molar-refractivity contribution < 1.29 is 9.53 Å². The van der Waals surface area contributed by atoms with Gasteiger partial charge in [0.1, 0.15) is 5.75 Å². The maximum Gasteiger partial charge on any atom is 0.227 e. The van der Waals surface area contributed by atoms with Crippen LogP contribution < -0.4 is 4.74 Å². The number of rotatable bonds is 6. The summed E-state index contributed by atoms with van der Waals surface area (Å²) < 4.78 is 5.41. The molecule has 144 valence electrons. The van der Waals surface area contributed by atoms with Gasteiger partial charge in [-0.3, -0.25) is 9.69 Å². The van der Waals surface area contributed by atoms with Crippen molar-refractivity contribution >= 4 is 17.5 Å². The molecule has 0 spiro atoms. The molecule has 1 atom stereocenters. The van der Waals surface area contributed by atoms with Gasteiger partial charge in [0, 0.05) is 37.3 Å². The van der Waals surface area contributed by atoms with Crippen LogP contribution in [-0.2, 0) is 17.9 Å². The molecule has 0 aromatic heterocycles. The zero-order valence-corrected chi connectivity index (χ0v) is 16.8. The van der Waals surface area contributed by atoms with E-state index in [0.29, 0.717) is 11.6 Å². The van der Waals surface area contributed by atoms with E-state index in [-0.39, 0.29) is 11.8 Å². The lowest BCUT2D eigenvalue weighted by molar-refractivity contribution is -0.136. The highest BCUT2D eigenvalue weighted by molar-refractivity contribution is 6.30. The van der Waals surface area contributed by atoms with Crippen LogP contribution in [0.15, 0.2) is 48.5 Å². The number of amides is 1. The molecular weight excluding hydrogens is 360 g/mol. The third kappa shape index (κ3) is 5.24. The zero-order valence-electron chi connectivity index (χ0n) is 16.0. The van der Waals surface area contributed by atoms with Crippen LogP contribution in [0.5, 0.6) is 5.75 Å². The van der Waals surface area contributed by atoms with Crippen molar-refractivity contribution in [3.05, 3.63) is 64.7 Å². The Kier molecular flexibility index (Phi) is 6.75. The second-order valence-corrected chi connectivity index (χ2v) is 7.65. The van der Waals surface area contributed by atoms with E-state index in [4.69, 9.17) is 16.3 Å². The van der Waals surface area contributed by atoms with Gasteiger partial charge < -0.3 is 9.64 Å². The molecule has 1 aliphatic rings. The third-order valence-corrected chi connectivity index (χ3v) is 5.37. The van der Waals surface area contributed by atoms with Gasteiger partial charge in [0.2, 0.25) is 5.91 Å². The van der Waals surface area contributed by atoms with Gasteiger partial charge in [-0.1, -0.05) is 41.9 Å². The van der Waals surface area contributed by atoms with E-state index in [1.807, 2.05) is 25.2 Å². The smallest absolute Gasteiger partial charge is 0.227 e. The molecule has 1 fully saturated rings. The molecular formula is C22H27ClN2O2. The number of halogens is 1. The van der Waals surface area contributed by atoms with E-state index in [2.05, 4.69) is 29.2 Å². The summed E-state index contributed by atoms with van der Waals surface area (Å²) in [4.78, 5) is 17.2. The van der Waals surface area contributed by atoms with Gasteiger partial charge in [-0.15, -0.1) is 0 Å². The zero-order chi connectivity index (χ0) is 19.2. The van der Waals surface area contributed by atoms with Gasteiger partial charge in [0.25, 0.3) is 0 Å². The highest BCUT2D eigenvalue weighted by atomic mass is 35.5. The Bertz CT molecular complexity index is 766. The van der Waals surface area contributed by atoms with E-state index in [9.17, 15) is 4.79 Å². The van der Waals surface area contributed by atoms with Crippen LogP contribution in [0.1, 0.15) is 24.0 Å². The summed E-state index contributed by atoms with van der Waals surface area (Å²) in [6, 6.07) is 16.0. The molecule has 0 N–H and O–H groups in total. The molecule has 4 nitrogen and oxygen atoms in total. The Morgan fingerprint density at radius 2 is 2.04 bits per heavy atom. The number of nitrogens with zero attached hydrogens (tertiary/aromatic N) is 2. The fourth-order valence-corrected chi connectivity index (χ4v) is 3.95. The van der Waals surface area contributed by atoms with Crippen molar-refractivity contribution in [1.29, 1.82) is 0 Å². The third-order valence-electron chi connectivity index (χ3n) is 5.13. The number of hydrogen-bond acceptors (Lipinski definition) is 3. The van der Waals surface area contributed by atoms with Gasteiger partial charge in [-0.25, -0.2) is 0 Å². The van der Waals surface area contributed by atoms with E-state index in [1.165, 1.54) is 5.56 Å². The highest BCUT2D eigenvalue weighted by Crippen LogP contribution is 2.26. The van der Waals surface area contributed by atoms with Crippen LogP contribution in [0.4, 0.5) is 0 Å². The molecule has 2 aromatic carbocycles. The summed E-state index contributed by atoms with van der Waals surface area (Å²) >= 11 is 6.12.